The van der Waals surface area contributed by atoms with Crippen molar-refractivity contribution in [1.29, 1.82) is 0 Å². The van der Waals surface area contributed by atoms with E-state index in [1.54, 1.807) is 6.07 Å². The molecule has 0 saturated carbocycles. The minimum atomic E-state index is -3.68. The highest BCUT2D eigenvalue weighted by molar-refractivity contribution is 7.89. The zero-order valence-corrected chi connectivity index (χ0v) is 19.9. The van der Waals surface area contributed by atoms with Crippen LogP contribution in [0.15, 0.2) is 47.4 Å². The molecule has 2 aromatic carbocycles. The van der Waals surface area contributed by atoms with E-state index >= 15 is 0 Å². The average Bonchev–Trinajstić information content (AvgIpc) is 3.39. The summed E-state index contributed by atoms with van der Waals surface area (Å²) >= 11 is 0. The van der Waals surface area contributed by atoms with E-state index in [-0.39, 0.29) is 16.7 Å². The maximum Gasteiger partial charge on any atom is 0.243 e. The Labute approximate surface area is 195 Å². The summed E-state index contributed by atoms with van der Waals surface area (Å²) in [5.74, 6) is 0.554. The van der Waals surface area contributed by atoms with Gasteiger partial charge in [0, 0.05) is 49.5 Å². The molecule has 1 amide bonds. The van der Waals surface area contributed by atoms with Crippen molar-refractivity contribution in [2.24, 2.45) is 5.92 Å². The lowest BCUT2D eigenvalue weighted by atomic mass is 9.97. The summed E-state index contributed by atoms with van der Waals surface area (Å²) in [6, 6.07) is 12.5. The van der Waals surface area contributed by atoms with E-state index in [4.69, 9.17) is 9.47 Å². The molecule has 0 radical (unpaired) electrons. The molecule has 0 unspecified atom stereocenters. The Morgan fingerprint density at radius 1 is 0.939 bits per heavy atom. The van der Waals surface area contributed by atoms with Gasteiger partial charge in [0.15, 0.2) is 11.5 Å². The summed E-state index contributed by atoms with van der Waals surface area (Å²) in [5.41, 5.74) is 1.91. The van der Waals surface area contributed by atoms with Crippen LogP contribution in [-0.4, -0.2) is 59.0 Å². The fraction of sp³-hybridized carbons (Fsp3) is 0.458. The molecule has 2 aliphatic heterocycles. The first-order valence-electron chi connectivity index (χ1n) is 11.3. The van der Waals surface area contributed by atoms with Gasteiger partial charge in [0.1, 0.15) is 0 Å². The van der Waals surface area contributed by atoms with Crippen LogP contribution in [-0.2, 0) is 14.8 Å². The molecule has 2 heterocycles. The molecule has 2 saturated heterocycles. The number of anilines is 2. The lowest BCUT2D eigenvalue weighted by Gasteiger charge is -2.30. The van der Waals surface area contributed by atoms with Crippen molar-refractivity contribution in [1.82, 2.24) is 4.31 Å². The summed E-state index contributed by atoms with van der Waals surface area (Å²) in [7, 11) is -0.706. The number of piperidine rings is 1. The molecule has 0 bridgehead atoms. The van der Waals surface area contributed by atoms with Gasteiger partial charge in [-0.1, -0.05) is 6.07 Å². The highest BCUT2D eigenvalue weighted by atomic mass is 32.2. The van der Waals surface area contributed by atoms with Crippen LogP contribution in [0.1, 0.15) is 25.7 Å². The lowest BCUT2D eigenvalue weighted by molar-refractivity contribution is -0.120. The number of nitrogens with zero attached hydrogens (tertiary/aromatic N) is 2. The summed E-state index contributed by atoms with van der Waals surface area (Å²) in [5, 5.41) is 3.02. The predicted molar refractivity (Wildman–Crippen MR) is 128 cm³/mol. The van der Waals surface area contributed by atoms with Crippen LogP contribution in [0.2, 0.25) is 0 Å². The van der Waals surface area contributed by atoms with E-state index in [2.05, 4.69) is 16.3 Å². The summed E-state index contributed by atoms with van der Waals surface area (Å²) in [4.78, 5) is 15.3. The van der Waals surface area contributed by atoms with Gasteiger partial charge >= 0.3 is 0 Å². The smallest absolute Gasteiger partial charge is 0.243 e. The second kappa shape index (κ2) is 10.0. The van der Waals surface area contributed by atoms with E-state index in [1.807, 2.05) is 18.2 Å². The van der Waals surface area contributed by atoms with Gasteiger partial charge in [-0.2, -0.15) is 4.31 Å². The number of nitrogens with one attached hydrogen (secondary N) is 1. The van der Waals surface area contributed by atoms with Gasteiger partial charge in [-0.25, -0.2) is 8.42 Å². The zero-order valence-electron chi connectivity index (χ0n) is 19.1. The zero-order chi connectivity index (χ0) is 23.4. The van der Waals surface area contributed by atoms with Crippen LogP contribution in [0, 0.1) is 5.92 Å². The first-order valence-corrected chi connectivity index (χ1v) is 12.7. The number of amides is 1. The summed E-state index contributed by atoms with van der Waals surface area (Å²) < 4.78 is 38.1. The van der Waals surface area contributed by atoms with Crippen LogP contribution in [0.4, 0.5) is 11.4 Å². The molecule has 33 heavy (non-hydrogen) atoms. The normalized spacial score (nSPS) is 17.7. The Bertz CT molecular complexity index is 1090. The molecule has 0 aliphatic carbocycles. The molecule has 2 fully saturated rings. The highest BCUT2D eigenvalue weighted by Gasteiger charge is 2.32. The fourth-order valence-electron chi connectivity index (χ4n) is 4.48. The number of hydrogen-bond acceptors (Lipinski definition) is 6. The molecule has 0 atom stereocenters. The van der Waals surface area contributed by atoms with Gasteiger partial charge < -0.3 is 19.7 Å². The Hall–Kier alpha value is -2.78. The molecule has 178 valence electrons. The molecule has 0 aromatic heterocycles. The third kappa shape index (κ3) is 5.09. The molecule has 2 aromatic rings. The quantitative estimate of drug-likeness (QED) is 0.664. The van der Waals surface area contributed by atoms with Crippen molar-refractivity contribution in [2.75, 3.05) is 50.6 Å². The van der Waals surface area contributed by atoms with Crippen molar-refractivity contribution >= 4 is 27.3 Å². The largest absolute Gasteiger partial charge is 0.493 e. The standard InChI is InChI=1S/C24H31N3O5S/c1-31-22-9-8-21(17-23(22)32-2)33(29,30)27-14-10-18(11-15-27)24(28)25-19-6-5-7-20(16-19)26-12-3-4-13-26/h5-9,16-18H,3-4,10-15H2,1-2H3,(H,25,28). The maximum atomic E-state index is 13.1. The number of carbonyl (C=O) groups is 1. The molecule has 8 nitrogen and oxygen atoms in total. The average molecular weight is 474 g/mol. The molecule has 2 aliphatic rings. The Morgan fingerprint density at radius 2 is 1.64 bits per heavy atom. The minimum absolute atomic E-state index is 0.0586. The summed E-state index contributed by atoms with van der Waals surface area (Å²) in [6.07, 6.45) is 3.34. The predicted octanol–water partition coefficient (Wildman–Crippen LogP) is 3.34. The number of sulfonamides is 1. The first kappa shape index (κ1) is 23.4. The van der Waals surface area contributed by atoms with E-state index in [1.165, 1.54) is 43.5 Å². The van der Waals surface area contributed by atoms with Crippen LogP contribution in [0.5, 0.6) is 11.5 Å². The van der Waals surface area contributed by atoms with Crippen LogP contribution >= 0.6 is 0 Å². The molecular formula is C24H31N3O5S. The second-order valence-electron chi connectivity index (χ2n) is 8.43. The van der Waals surface area contributed by atoms with Gasteiger partial charge in [-0.3, -0.25) is 4.79 Å². The van der Waals surface area contributed by atoms with Crippen molar-refractivity contribution in [2.45, 2.75) is 30.6 Å². The molecule has 9 heteroatoms. The van der Waals surface area contributed by atoms with E-state index in [0.717, 1.165) is 24.5 Å². The van der Waals surface area contributed by atoms with Gasteiger partial charge in [-0.15, -0.1) is 0 Å². The van der Waals surface area contributed by atoms with Crippen LogP contribution < -0.4 is 19.7 Å². The lowest BCUT2D eigenvalue weighted by Crippen LogP contribution is -2.41. The number of methoxy groups -OCH3 is 2. The van der Waals surface area contributed by atoms with Gasteiger partial charge in [0.25, 0.3) is 0 Å². The Balaban J connectivity index is 1.37. The number of rotatable bonds is 7. The number of benzene rings is 2. The third-order valence-electron chi connectivity index (χ3n) is 6.40. The SMILES string of the molecule is COc1ccc(S(=O)(=O)N2CCC(C(=O)Nc3cccc(N4CCCC4)c3)CC2)cc1OC. The fourth-order valence-corrected chi connectivity index (χ4v) is 5.97. The maximum absolute atomic E-state index is 13.1. The van der Waals surface area contributed by atoms with Crippen LogP contribution in [0.3, 0.4) is 0 Å². The highest BCUT2D eigenvalue weighted by Crippen LogP contribution is 2.32. The van der Waals surface area contributed by atoms with Gasteiger partial charge in [0.05, 0.1) is 19.1 Å². The Kier molecular flexibility index (Phi) is 7.09. The van der Waals surface area contributed by atoms with E-state index < -0.39 is 10.0 Å². The number of hydrogen-bond donors (Lipinski definition) is 1. The molecule has 4 rings (SSSR count). The van der Waals surface area contributed by atoms with Gasteiger partial charge in [0.2, 0.25) is 15.9 Å². The summed E-state index contributed by atoms with van der Waals surface area (Å²) in [6.45, 7) is 2.68. The molecule has 1 N–H and O–H groups in total. The third-order valence-corrected chi connectivity index (χ3v) is 8.30. The monoisotopic (exact) mass is 473 g/mol. The van der Waals surface area contributed by atoms with Gasteiger partial charge in [-0.05, 0) is 56.0 Å². The second-order valence-corrected chi connectivity index (χ2v) is 10.4. The van der Waals surface area contributed by atoms with Crippen molar-refractivity contribution in [3.63, 3.8) is 0 Å². The first-order chi connectivity index (χ1) is 15.9. The minimum Gasteiger partial charge on any atom is -0.493 e. The van der Waals surface area contributed by atoms with Crippen LogP contribution in [0.25, 0.3) is 0 Å². The molecule has 0 spiro atoms. The van der Waals surface area contributed by atoms with E-state index in [9.17, 15) is 13.2 Å². The van der Waals surface area contributed by atoms with Crippen molar-refractivity contribution in [3.8, 4) is 11.5 Å². The number of carbonyl (C=O) groups excluding carboxylic acids is 1. The van der Waals surface area contributed by atoms with Crippen molar-refractivity contribution in [3.05, 3.63) is 42.5 Å². The van der Waals surface area contributed by atoms with E-state index in [0.29, 0.717) is 37.4 Å². The number of ether oxygens (including phenoxy) is 2. The molecular weight excluding hydrogens is 442 g/mol. The van der Waals surface area contributed by atoms with Crippen molar-refractivity contribution < 1.29 is 22.7 Å². The topological polar surface area (TPSA) is 88.2 Å². The Morgan fingerprint density at radius 3 is 2.30 bits per heavy atom.